The van der Waals surface area contributed by atoms with E-state index >= 15 is 0 Å². The van der Waals surface area contributed by atoms with Crippen molar-refractivity contribution in [1.29, 1.82) is 0 Å². The number of aliphatic imine (C=N–C) groups is 1. The van der Waals surface area contributed by atoms with Crippen LogP contribution in [0.4, 0.5) is 9.18 Å². The monoisotopic (exact) mass is 560 g/mol. The number of pyridine rings is 1. The van der Waals surface area contributed by atoms with Gasteiger partial charge in [0.05, 0.1) is 5.54 Å². The van der Waals surface area contributed by atoms with Crippen LogP contribution in [0.1, 0.15) is 18.9 Å². The number of rotatable bonds is 7. The summed E-state index contributed by atoms with van der Waals surface area (Å²) in [6.07, 6.45) is 0.565. The van der Waals surface area contributed by atoms with Gasteiger partial charge in [-0.15, -0.1) is 0 Å². The Balaban J connectivity index is 2.00. The number of halogens is 2. The van der Waals surface area contributed by atoms with Gasteiger partial charge in [-0.25, -0.2) is 14.7 Å². The van der Waals surface area contributed by atoms with Crippen molar-refractivity contribution in [3.05, 3.63) is 28.2 Å². The fourth-order valence-electron chi connectivity index (χ4n) is 4.00. The molecular weight excluding hydrogens is 531 g/mol. The maximum Gasteiger partial charge on any atom is 0.415 e. The molecule has 0 spiro atoms. The van der Waals surface area contributed by atoms with Crippen molar-refractivity contribution < 1.29 is 23.8 Å². The van der Waals surface area contributed by atoms with Crippen LogP contribution in [0, 0.1) is 11.9 Å². The molecule has 1 saturated carbocycles. The van der Waals surface area contributed by atoms with E-state index in [0.29, 0.717) is 17.5 Å². The molecule has 2 amide bonds. The first-order valence-electron chi connectivity index (χ1n) is 10.6. The van der Waals surface area contributed by atoms with Crippen molar-refractivity contribution in [3.8, 4) is 0 Å². The molecule has 3 atom stereocenters. The Morgan fingerprint density at radius 1 is 1.39 bits per heavy atom. The highest BCUT2D eigenvalue weighted by molar-refractivity contribution is 9.10. The predicted octanol–water partition coefficient (Wildman–Crippen LogP) is 4.44. The van der Waals surface area contributed by atoms with E-state index in [0.717, 1.165) is 22.7 Å². The summed E-state index contributed by atoms with van der Waals surface area (Å²) < 4.78 is 20.2. The number of carboxylic acid groups (broad SMARTS) is 1. The zero-order valence-electron chi connectivity index (χ0n) is 19.7. The molecule has 1 aromatic heterocycles. The fraction of sp³-hybridized carbons (Fsp3) is 0.619. The van der Waals surface area contributed by atoms with Gasteiger partial charge in [-0.3, -0.25) is 9.79 Å². The minimum absolute atomic E-state index is 0.126. The van der Waals surface area contributed by atoms with Crippen LogP contribution in [0.3, 0.4) is 0 Å². The van der Waals surface area contributed by atoms with Gasteiger partial charge < -0.3 is 14.7 Å². The molecule has 1 fully saturated rings. The third-order valence-corrected chi connectivity index (χ3v) is 9.61. The Morgan fingerprint density at radius 3 is 2.64 bits per heavy atom. The van der Waals surface area contributed by atoms with Gasteiger partial charge in [0.1, 0.15) is 11.5 Å². The highest BCUT2D eigenvalue weighted by Gasteiger charge is 2.71. The molecule has 0 radical (unpaired) electrons. The summed E-state index contributed by atoms with van der Waals surface area (Å²) in [5.74, 6) is -1.14. The van der Waals surface area contributed by atoms with Gasteiger partial charge in [-0.2, -0.15) is 4.39 Å². The number of fused-ring (bicyclic) bond motifs is 1. The summed E-state index contributed by atoms with van der Waals surface area (Å²) in [6.45, 7) is 8.59. The van der Waals surface area contributed by atoms with Crippen molar-refractivity contribution in [2.24, 2.45) is 10.9 Å². The lowest BCUT2D eigenvalue weighted by Crippen LogP contribution is -2.47. The van der Waals surface area contributed by atoms with Crippen molar-refractivity contribution in [2.75, 3.05) is 27.4 Å². The van der Waals surface area contributed by atoms with Gasteiger partial charge >= 0.3 is 6.09 Å². The molecule has 1 aliphatic carbocycles. The van der Waals surface area contributed by atoms with Crippen molar-refractivity contribution in [1.82, 2.24) is 14.8 Å². The Labute approximate surface area is 207 Å². The van der Waals surface area contributed by atoms with Crippen molar-refractivity contribution >= 4 is 52.9 Å². The minimum atomic E-state index is -1.35. The molecule has 3 rings (SSSR count). The zero-order valence-corrected chi connectivity index (χ0v) is 23.1. The summed E-state index contributed by atoms with van der Waals surface area (Å²) in [5.41, 5.74) is -0.947. The SMILES string of the molecule is CN(C)C(=O)[C@]12C[C@H]1[C@@](C)(c1cc(Br)cnc1F)N=C(N(COCC[Si](C)(C)C)C(=O)O)S2. The fourth-order valence-corrected chi connectivity index (χ4v) is 6.78. The molecule has 0 saturated heterocycles. The molecule has 0 bridgehead atoms. The van der Waals surface area contributed by atoms with E-state index in [2.05, 4.69) is 40.6 Å². The number of carbonyl (C=O) groups is 2. The van der Waals surface area contributed by atoms with Crippen molar-refractivity contribution in [3.63, 3.8) is 0 Å². The minimum Gasteiger partial charge on any atom is -0.465 e. The van der Waals surface area contributed by atoms with E-state index < -0.39 is 30.4 Å². The van der Waals surface area contributed by atoms with Crippen LogP contribution in [0.2, 0.25) is 25.7 Å². The van der Waals surface area contributed by atoms with Crippen molar-refractivity contribution in [2.45, 2.75) is 49.3 Å². The van der Waals surface area contributed by atoms with Gasteiger partial charge in [-0.1, -0.05) is 31.4 Å². The smallest absolute Gasteiger partial charge is 0.415 e. The molecule has 2 heterocycles. The number of aromatic nitrogens is 1. The summed E-state index contributed by atoms with van der Waals surface area (Å²) in [4.78, 5) is 36.4. The summed E-state index contributed by atoms with van der Waals surface area (Å²) in [6, 6.07) is 2.48. The average molecular weight is 562 g/mol. The molecule has 8 nitrogen and oxygen atoms in total. The average Bonchev–Trinajstić information content (AvgIpc) is 3.44. The van der Waals surface area contributed by atoms with E-state index in [4.69, 9.17) is 9.73 Å². The Morgan fingerprint density at radius 2 is 2.06 bits per heavy atom. The largest absolute Gasteiger partial charge is 0.465 e. The molecule has 33 heavy (non-hydrogen) atoms. The second-order valence-electron chi connectivity index (χ2n) is 10.0. The quantitative estimate of drug-likeness (QED) is 0.229. The number of thioether (sulfide) groups is 1. The first-order valence-corrected chi connectivity index (χ1v) is 15.9. The zero-order chi connectivity index (χ0) is 24.8. The first-order chi connectivity index (χ1) is 15.2. The Hall–Kier alpha value is -1.50. The molecule has 2 aliphatic rings. The molecule has 0 aromatic carbocycles. The molecule has 1 aromatic rings. The molecular formula is C21H30BrFN4O4SSi. The number of hydrogen-bond donors (Lipinski definition) is 1. The van der Waals surface area contributed by atoms with Gasteiger partial charge in [0.25, 0.3) is 0 Å². The van der Waals surface area contributed by atoms with E-state index in [9.17, 15) is 19.1 Å². The van der Waals surface area contributed by atoms with E-state index in [1.807, 2.05) is 0 Å². The van der Waals surface area contributed by atoms with Gasteiger partial charge in [-0.05, 0) is 41.4 Å². The third kappa shape index (κ3) is 5.28. The number of ether oxygens (including phenoxy) is 1. The Kier molecular flexibility index (Phi) is 7.34. The summed E-state index contributed by atoms with van der Waals surface area (Å²) >= 11 is 4.46. The van der Waals surface area contributed by atoms with Crippen LogP contribution in [0.15, 0.2) is 21.7 Å². The second-order valence-corrected chi connectivity index (χ2v) is 17.9. The second kappa shape index (κ2) is 9.27. The van der Waals surface area contributed by atoms with Crippen LogP contribution in [-0.2, 0) is 15.1 Å². The lowest BCUT2D eigenvalue weighted by Gasteiger charge is -2.37. The third-order valence-electron chi connectivity index (χ3n) is 5.99. The molecule has 1 N–H and O–H groups in total. The topological polar surface area (TPSA) is 95.3 Å². The number of amides is 2. The highest BCUT2D eigenvalue weighted by Crippen LogP contribution is 2.67. The number of carbonyl (C=O) groups excluding carboxylic acids is 1. The number of hydrogen-bond acceptors (Lipinski definition) is 6. The standard InChI is InChI=1S/C21H30BrFN4O4SSi/c1-20(14-9-13(22)11-24-16(14)23)15-10-21(15,17(28)26(2)3)32-18(25-20)27(19(29)30)12-31-7-8-33(4,5)6/h9,11,15H,7-8,10,12H2,1-6H3,(H,29,30)/t15-,20+,21-/m0/s1. The maximum absolute atomic E-state index is 14.9. The molecule has 12 heteroatoms. The normalized spacial score (nSPS) is 26.3. The molecule has 1 aliphatic heterocycles. The number of nitrogens with zero attached hydrogens (tertiary/aromatic N) is 4. The van der Waals surface area contributed by atoms with Gasteiger partial charge in [0.2, 0.25) is 11.9 Å². The van der Waals surface area contributed by atoms with E-state index in [-0.39, 0.29) is 29.3 Å². The van der Waals surface area contributed by atoms with Crippen LogP contribution in [-0.4, -0.2) is 77.3 Å². The van der Waals surface area contributed by atoms with Crippen LogP contribution >= 0.6 is 27.7 Å². The lowest BCUT2D eigenvalue weighted by molar-refractivity contribution is -0.129. The molecule has 0 unspecified atom stereocenters. The van der Waals surface area contributed by atoms with Crippen LogP contribution < -0.4 is 0 Å². The predicted molar refractivity (Wildman–Crippen MR) is 133 cm³/mol. The lowest BCUT2D eigenvalue weighted by atomic mass is 9.86. The maximum atomic E-state index is 14.9. The van der Waals surface area contributed by atoms with E-state index in [1.165, 1.54) is 11.1 Å². The first kappa shape index (κ1) is 26.1. The summed E-state index contributed by atoms with van der Waals surface area (Å²) in [7, 11) is 1.97. The van der Waals surface area contributed by atoms with Crippen LogP contribution in [0.25, 0.3) is 0 Å². The van der Waals surface area contributed by atoms with E-state index in [1.54, 1.807) is 27.1 Å². The Bertz CT molecular complexity index is 992. The van der Waals surface area contributed by atoms with Crippen LogP contribution in [0.5, 0.6) is 0 Å². The summed E-state index contributed by atoms with van der Waals surface area (Å²) in [5, 5.41) is 10.1. The highest BCUT2D eigenvalue weighted by atomic mass is 79.9. The van der Waals surface area contributed by atoms with Gasteiger partial charge in [0, 0.05) is 50.9 Å². The van der Waals surface area contributed by atoms with Gasteiger partial charge in [0.15, 0.2) is 5.17 Å². The number of amidine groups is 1. The molecule has 182 valence electrons.